The number of nitrogens with zero attached hydrogens (tertiary/aromatic N) is 3. The van der Waals surface area contributed by atoms with E-state index >= 15 is 0 Å². The van der Waals surface area contributed by atoms with E-state index in [1.165, 1.54) is 0 Å². The maximum atomic E-state index is 12.8. The molecule has 2 heterocycles. The van der Waals surface area contributed by atoms with Crippen molar-refractivity contribution in [3.63, 3.8) is 0 Å². The molecule has 0 radical (unpaired) electrons. The van der Waals surface area contributed by atoms with E-state index < -0.39 is 5.91 Å². The predicted octanol–water partition coefficient (Wildman–Crippen LogP) is 3.59. The molecule has 0 bridgehead atoms. The molecule has 2 amide bonds. The lowest BCUT2D eigenvalue weighted by Gasteiger charge is -2.35. The second-order valence-electron chi connectivity index (χ2n) is 7.13. The molecule has 2 aromatic carbocycles. The molecule has 7 nitrogen and oxygen atoms in total. The molecule has 158 valence electrons. The van der Waals surface area contributed by atoms with Crippen molar-refractivity contribution in [2.75, 3.05) is 31.1 Å². The Hall–Kier alpha value is -3.58. The Morgan fingerprint density at radius 3 is 1.94 bits per heavy atom. The van der Waals surface area contributed by atoms with Gasteiger partial charge >= 0.3 is 0 Å². The number of carbonyl (C=O) groups is 2. The van der Waals surface area contributed by atoms with Crippen molar-refractivity contribution in [1.29, 1.82) is 0 Å². The average molecular weight is 437 g/mol. The lowest BCUT2D eigenvalue weighted by molar-refractivity contribution is 0.0746. The second kappa shape index (κ2) is 9.06. The van der Waals surface area contributed by atoms with E-state index in [4.69, 9.17) is 22.1 Å². The largest absolute Gasteiger partial charge is 0.457 e. The van der Waals surface area contributed by atoms with Gasteiger partial charge in [-0.05, 0) is 60.7 Å². The third-order valence-electron chi connectivity index (χ3n) is 5.08. The molecule has 1 aromatic heterocycles. The summed E-state index contributed by atoms with van der Waals surface area (Å²) in [5, 5.41) is 0.604. The highest BCUT2D eigenvalue weighted by molar-refractivity contribution is 6.30. The molecule has 0 aliphatic carbocycles. The summed E-state index contributed by atoms with van der Waals surface area (Å²) < 4.78 is 5.76. The first kappa shape index (κ1) is 20.7. The van der Waals surface area contributed by atoms with Gasteiger partial charge in [-0.1, -0.05) is 11.6 Å². The van der Waals surface area contributed by atoms with Crippen molar-refractivity contribution in [2.24, 2.45) is 5.73 Å². The molecule has 1 saturated heterocycles. The van der Waals surface area contributed by atoms with E-state index in [1.54, 1.807) is 54.7 Å². The zero-order valence-corrected chi connectivity index (χ0v) is 17.5. The molecule has 0 unspecified atom stereocenters. The Morgan fingerprint density at radius 2 is 1.42 bits per heavy atom. The number of benzene rings is 2. The standard InChI is InChI=1S/C23H21ClN4O3/c24-18-5-10-21(26-15-18)27-11-13-28(14-12-27)23(30)17-3-8-20(9-4-17)31-19-6-1-16(2-7-19)22(25)29/h1-10,15H,11-14H2,(H2,25,29). The zero-order valence-electron chi connectivity index (χ0n) is 16.7. The fraction of sp³-hybridized carbons (Fsp3) is 0.174. The molecular formula is C23H21ClN4O3. The normalized spacial score (nSPS) is 13.7. The van der Waals surface area contributed by atoms with Crippen molar-refractivity contribution in [1.82, 2.24) is 9.88 Å². The maximum Gasteiger partial charge on any atom is 0.253 e. The van der Waals surface area contributed by atoms with E-state index in [9.17, 15) is 9.59 Å². The molecule has 4 rings (SSSR count). The monoisotopic (exact) mass is 436 g/mol. The summed E-state index contributed by atoms with van der Waals surface area (Å²) in [5.74, 6) is 1.54. The molecule has 31 heavy (non-hydrogen) atoms. The van der Waals surface area contributed by atoms with Gasteiger partial charge in [-0.3, -0.25) is 9.59 Å². The van der Waals surface area contributed by atoms with Gasteiger partial charge in [0.2, 0.25) is 5.91 Å². The summed E-state index contributed by atoms with van der Waals surface area (Å²) in [7, 11) is 0. The van der Waals surface area contributed by atoms with Crippen molar-refractivity contribution < 1.29 is 14.3 Å². The number of piperazine rings is 1. The van der Waals surface area contributed by atoms with Crippen LogP contribution in [0.2, 0.25) is 5.02 Å². The third-order valence-corrected chi connectivity index (χ3v) is 5.30. The number of ether oxygens (including phenoxy) is 1. The molecular weight excluding hydrogens is 416 g/mol. The summed E-state index contributed by atoms with van der Waals surface area (Å²) in [6.45, 7) is 2.66. The number of amides is 2. The number of pyridine rings is 1. The van der Waals surface area contributed by atoms with Gasteiger partial charge in [0.25, 0.3) is 5.91 Å². The van der Waals surface area contributed by atoms with Gasteiger partial charge in [-0.15, -0.1) is 0 Å². The van der Waals surface area contributed by atoms with Gasteiger partial charge in [0.05, 0.1) is 5.02 Å². The Bertz CT molecular complexity index is 1060. The van der Waals surface area contributed by atoms with Gasteiger partial charge in [-0.2, -0.15) is 0 Å². The topological polar surface area (TPSA) is 88.8 Å². The number of hydrogen-bond donors (Lipinski definition) is 1. The Labute approximate surface area is 185 Å². The van der Waals surface area contributed by atoms with Crippen LogP contribution in [0.15, 0.2) is 66.9 Å². The summed E-state index contributed by atoms with van der Waals surface area (Å²) in [4.78, 5) is 32.3. The molecule has 2 N–H and O–H groups in total. The molecule has 3 aromatic rings. The van der Waals surface area contributed by atoms with Crippen LogP contribution in [-0.2, 0) is 0 Å². The quantitative estimate of drug-likeness (QED) is 0.660. The highest BCUT2D eigenvalue weighted by Crippen LogP contribution is 2.23. The second-order valence-corrected chi connectivity index (χ2v) is 7.57. The van der Waals surface area contributed by atoms with Crippen LogP contribution in [0.25, 0.3) is 0 Å². The summed E-state index contributed by atoms with van der Waals surface area (Å²) in [6.07, 6.45) is 1.63. The van der Waals surface area contributed by atoms with Crippen molar-refractivity contribution >= 4 is 29.2 Å². The molecule has 1 aliphatic heterocycles. The fourth-order valence-corrected chi connectivity index (χ4v) is 3.48. The number of rotatable bonds is 5. The number of hydrogen-bond acceptors (Lipinski definition) is 5. The number of aromatic nitrogens is 1. The van der Waals surface area contributed by atoms with E-state index in [-0.39, 0.29) is 5.91 Å². The van der Waals surface area contributed by atoms with E-state index in [1.807, 2.05) is 17.0 Å². The molecule has 1 fully saturated rings. The van der Waals surface area contributed by atoms with Gasteiger partial charge in [0.15, 0.2) is 0 Å². The minimum absolute atomic E-state index is 0.0129. The van der Waals surface area contributed by atoms with Crippen LogP contribution in [-0.4, -0.2) is 47.9 Å². The van der Waals surface area contributed by atoms with Crippen molar-refractivity contribution in [3.8, 4) is 11.5 Å². The number of nitrogens with two attached hydrogens (primary N) is 1. The van der Waals surface area contributed by atoms with Crippen LogP contribution >= 0.6 is 11.6 Å². The van der Waals surface area contributed by atoms with Crippen LogP contribution in [0.4, 0.5) is 5.82 Å². The Kier molecular flexibility index (Phi) is 6.04. The van der Waals surface area contributed by atoms with Crippen LogP contribution in [0.3, 0.4) is 0 Å². The summed E-state index contributed by atoms with van der Waals surface area (Å²) in [6, 6.07) is 17.3. The zero-order chi connectivity index (χ0) is 21.8. The number of primary amides is 1. The molecule has 0 spiro atoms. The molecule has 8 heteroatoms. The smallest absolute Gasteiger partial charge is 0.253 e. The molecule has 1 aliphatic rings. The Morgan fingerprint density at radius 1 is 0.839 bits per heavy atom. The minimum atomic E-state index is -0.486. The number of carbonyl (C=O) groups excluding carboxylic acids is 2. The number of halogens is 1. The fourth-order valence-electron chi connectivity index (χ4n) is 3.37. The lowest BCUT2D eigenvalue weighted by Crippen LogP contribution is -2.49. The van der Waals surface area contributed by atoms with Crippen LogP contribution in [0.1, 0.15) is 20.7 Å². The predicted molar refractivity (Wildman–Crippen MR) is 119 cm³/mol. The van der Waals surface area contributed by atoms with E-state index in [2.05, 4.69) is 9.88 Å². The van der Waals surface area contributed by atoms with Crippen LogP contribution in [0.5, 0.6) is 11.5 Å². The van der Waals surface area contributed by atoms with Crippen LogP contribution in [0, 0.1) is 0 Å². The van der Waals surface area contributed by atoms with Crippen molar-refractivity contribution in [3.05, 3.63) is 83.0 Å². The summed E-state index contributed by atoms with van der Waals surface area (Å²) in [5.41, 5.74) is 6.26. The minimum Gasteiger partial charge on any atom is -0.457 e. The van der Waals surface area contributed by atoms with E-state index in [0.29, 0.717) is 53.8 Å². The van der Waals surface area contributed by atoms with E-state index in [0.717, 1.165) is 5.82 Å². The van der Waals surface area contributed by atoms with Gasteiger partial charge in [0, 0.05) is 43.5 Å². The third kappa shape index (κ3) is 4.95. The highest BCUT2D eigenvalue weighted by atomic mass is 35.5. The van der Waals surface area contributed by atoms with Gasteiger partial charge in [0.1, 0.15) is 17.3 Å². The first-order valence-corrected chi connectivity index (χ1v) is 10.2. The Balaban J connectivity index is 1.34. The summed E-state index contributed by atoms with van der Waals surface area (Å²) >= 11 is 5.90. The van der Waals surface area contributed by atoms with Gasteiger partial charge in [-0.25, -0.2) is 4.98 Å². The average Bonchev–Trinajstić information content (AvgIpc) is 2.80. The SMILES string of the molecule is NC(=O)c1ccc(Oc2ccc(C(=O)N3CCN(c4ccc(Cl)cn4)CC3)cc2)cc1. The lowest BCUT2D eigenvalue weighted by atomic mass is 10.1. The first-order valence-electron chi connectivity index (χ1n) is 9.83. The first-order chi connectivity index (χ1) is 15.0. The molecule has 0 atom stereocenters. The maximum absolute atomic E-state index is 12.8. The van der Waals surface area contributed by atoms with Crippen LogP contribution < -0.4 is 15.4 Å². The molecule has 0 saturated carbocycles. The van der Waals surface area contributed by atoms with Gasteiger partial charge < -0.3 is 20.3 Å². The highest BCUT2D eigenvalue weighted by Gasteiger charge is 2.22. The van der Waals surface area contributed by atoms with Crippen molar-refractivity contribution in [2.45, 2.75) is 0 Å². The number of anilines is 1.